The van der Waals surface area contributed by atoms with Crippen LogP contribution >= 0.6 is 23.2 Å². The molecule has 0 N–H and O–H groups in total. The van der Waals surface area contributed by atoms with Gasteiger partial charge in [0.15, 0.2) is 6.10 Å². The summed E-state index contributed by atoms with van der Waals surface area (Å²) in [5, 5.41) is 0.957. The number of methoxy groups -OCH3 is 1. The predicted molar refractivity (Wildman–Crippen MR) is 65.6 cm³/mol. The normalized spacial score (nSPS) is 16.4. The number of rotatable bonds is 4. The monoisotopic (exact) mass is 274 g/mol. The first-order chi connectivity index (χ1) is 8.10. The van der Waals surface area contributed by atoms with Crippen molar-refractivity contribution in [3.05, 3.63) is 28.2 Å². The fraction of sp³-hybridized carbons (Fsp3) is 0.417. The van der Waals surface area contributed by atoms with Gasteiger partial charge in [-0.25, -0.2) is 4.79 Å². The van der Waals surface area contributed by atoms with Crippen LogP contribution < -0.4 is 4.74 Å². The number of carbonyl (C=O) groups excluding carboxylic acids is 1. The number of hydrogen-bond donors (Lipinski definition) is 0. The van der Waals surface area contributed by atoms with Gasteiger partial charge in [0, 0.05) is 16.0 Å². The molecular weight excluding hydrogens is 263 g/mol. The average molecular weight is 275 g/mol. The lowest BCUT2D eigenvalue weighted by molar-refractivity contribution is -0.149. The summed E-state index contributed by atoms with van der Waals surface area (Å²) in [5.74, 6) is 0.369. The van der Waals surface area contributed by atoms with Crippen molar-refractivity contribution in [2.45, 2.75) is 18.9 Å². The van der Waals surface area contributed by atoms with Crippen LogP contribution in [0, 0.1) is 5.92 Å². The predicted octanol–water partition coefficient (Wildman–Crippen LogP) is 3.32. The van der Waals surface area contributed by atoms with Gasteiger partial charge < -0.3 is 9.47 Å². The van der Waals surface area contributed by atoms with Crippen molar-refractivity contribution in [2.24, 2.45) is 5.92 Å². The number of halogens is 2. The Morgan fingerprint density at radius 1 is 1.29 bits per heavy atom. The number of carbonyl (C=O) groups is 1. The highest BCUT2D eigenvalue weighted by atomic mass is 35.5. The third-order valence-electron chi connectivity index (χ3n) is 2.58. The van der Waals surface area contributed by atoms with Gasteiger partial charge in [-0.05, 0) is 31.0 Å². The van der Waals surface area contributed by atoms with E-state index in [0.29, 0.717) is 15.8 Å². The highest BCUT2D eigenvalue weighted by Crippen LogP contribution is 2.36. The molecule has 92 valence electrons. The summed E-state index contributed by atoms with van der Waals surface area (Å²) in [5.41, 5.74) is 0. The van der Waals surface area contributed by atoms with Gasteiger partial charge in [0.1, 0.15) is 5.75 Å². The maximum atomic E-state index is 11.6. The molecule has 1 aromatic rings. The van der Waals surface area contributed by atoms with Crippen molar-refractivity contribution in [1.82, 2.24) is 0 Å². The lowest BCUT2D eigenvalue weighted by Gasteiger charge is -2.16. The Hall–Kier alpha value is -0.930. The molecule has 0 spiro atoms. The Labute approximate surface area is 110 Å². The van der Waals surface area contributed by atoms with Crippen molar-refractivity contribution in [3.63, 3.8) is 0 Å². The van der Waals surface area contributed by atoms with E-state index in [0.717, 1.165) is 12.8 Å². The second kappa shape index (κ2) is 5.15. The fourth-order valence-corrected chi connectivity index (χ4v) is 2.10. The minimum absolute atomic E-state index is 0.236. The molecule has 1 fully saturated rings. The summed E-state index contributed by atoms with van der Waals surface area (Å²) in [7, 11) is 1.35. The minimum atomic E-state index is -0.561. The standard InChI is InChI=1S/C12H12Cl2O3/c1-16-12(15)11(7-2-3-7)17-10-5-8(13)4-9(14)6-10/h4-7,11H,2-3H2,1H3. The van der Waals surface area contributed by atoms with E-state index in [1.807, 2.05) is 0 Å². The molecule has 17 heavy (non-hydrogen) atoms. The highest BCUT2D eigenvalue weighted by Gasteiger charge is 2.39. The third kappa shape index (κ3) is 3.27. The molecule has 0 radical (unpaired) electrons. The lowest BCUT2D eigenvalue weighted by Crippen LogP contribution is -2.30. The minimum Gasteiger partial charge on any atom is -0.478 e. The molecule has 5 heteroatoms. The van der Waals surface area contributed by atoms with Crippen LogP contribution in [-0.4, -0.2) is 19.2 Å². The topological polar surface area (TPSA) is 35.5 Å². The first-order valence-electron chi connectivity index (χ1n) is 5.30. The molecule has 1 aliphatic carbocycles. The smallest absolute Gasteiger partial charge is 0.347 e. The second-order valence-electron chi connectivity index (χ2n) is 4.00. The van der Waals surface area contributed by atoms with E-state index in [4.69, 9.17) is 32.7 Å². The molecule has 1 aliphatic rings. The second-order valence-corrected chi connectivity index (χ2v) is 4.88. The number of ether oxygens (including phenoxy) is 2. The molecule has 1 saturated carbocycles. The van der Waals surface area contributed by atoms with Gasteiger partial charge in [-0.1, -0.05) is 23.2 Å². The molecule has 1 atom stereocenters. The molecule has 3 nitrogen and oxygen atoms in total. The van der Waals surface area contributed by atoms with E-state index in [-0.39, 0.29) is 11.9 Å². The van der Waals surface area contributed by atoms with Crippen LogP contribution in [-0.2, 0) is 9.53 Å². The quantitative estimate of drug-likeness (QED) is 0.791. The van der Waals surface area contributed by atoms with Crippen LogP contribution in [0.5, 0.6) is 5.75 Å². The van der Waals surface area contributed by atoms with Gasteiger partial charge in [-0.3, -0.25) is 0 Å². The Balaban J connectivity index is 2.14. The Bertz CT molecular complexity index is 410. The van der Waals surface area contributed by atoms with Gasteiger partial charge in [-0.2, -0.15) is 0 Å². The van der Waals surface area contributed by atoms with E-state index in [9.17, 15) is 4.79 Å². The van der Waals surface area contributed by atoms with E-state index < -0.39 is 6.10 Å². The first kappa shape index (κ1) is 12.5. The lowest BCUT2D eigenvalue weighted by atomic mass is 10.2. The molecular formula is C12H12Cl2O3. The fourth-order valence-electron chi connectivity index (χ4n) is 1.60. The number of benzene rings is 1. The zero-order valence-electron chi connectivity index (χ0n) is 9.28. The van der Waals surface area contributed by atoms with Crippen molar-refractivity contribution in [2.75, 3.05) is 7.11 Å². The Morgan fingerprint density at radius 2 is 1.88 bits per heavy atom. The average Bonchev–Trinajstić information content (AvgIpc) is 3.07. The SMILES string of the molecule is COC(=O)C(Oc1cc(Cl)cc(Cl)c1)C1CC1. The van der Waals surface area contributed by atoms with Gasteiger partial charge in [0.25, 0.3) is 0 Å². The third-order valence-corrected chi connectivity index (χ3v) is 3.02. The summed E-state index contributed by atoms with van der Waals surface area (Å²) in [6.07, 6.45) is 1.40. The summed E-state index contributed by atoms with van der Waals surface area (Å²) in [6.45, 7) is 0. The van der Waals surface area contributed by atoms with E-state index in [2.05, 4.69) is 0 Å². The van der Waals surface area contributed by atoms with Gasteiger partial charge in [0.2, 0.25) is 0 Å². The zero-order valence-corrected chi connectivity index (χ0v) is 10.8. The van der Waals surface area contributed by atoms with Crippen LogP contribution in [0.25, 0.3) is 0 Å². The van der Waals surface area contributed by atoms with Crippen molar-refractivity contribution < 1.29 is 14.3 Å². The van der Waals surface area contributed by atoms with Gasteiger partial charge >= 0.3 is 5.97 Å². The summed E-state index contributed by atoms with van der Waals surface area (Å²) >= 11 is 11.7. The summed E-state index contributed by atoms with van der Waals surface area (Å²) < 4.78 is 10.3. The molecule has 0 saturated heterocycles. The molecule has 1 unspecified atom stereocenters. The molecule has 0 bridgehead atoms. The largest absolute Gasteiger partial charge is 0.478 e. The molecule has 2 rings (SSSR count). The maximum Gasteiger partial charge on any atom is 0.347 e. The van der Waals surface area contributed by atoms with Crippen LogP contribution in [0.1, 0.15) is 12.8 Å². The molecule has 0 aliphatic heterocycles. The number of esters is 1. The number of hydrogen-bond acceptors (Lipinski definition) is 3. The summed E-state index contributed by atoms with van der Waals surface area (Å²) in [4.78, 5) is 11.6. The Kier molecular flexibility index (Phi) is 3.79. The maximum absolute atomic E-state index is 11.6. The first-order valence-corrected chi connectivity index (χ1v) is 6.06. The van der Waals surface area contributed by atoms with Crippen LogP contribution in [0.2, 0.25) is 10.0 Å². The van der Waals surface area contributed by atoms with Crippen LogP contribution in [0.4, 0.5) is 0 Å². The van der Waals surface area contributed by atoms with Gasteiger partial charge in [0.05, 0.1) is 7.11 Å². The van der Waals surface area contributed by atoms with E-state index in [1.54, 1.807) is 18.2 Å². The van der Waals surface area contributed by atoms with E-state index >= 15 is 0 Å². The van der Waals surface area contributed by atoms with E-state index in [1.165, 1.54) is 7.11 Å². The van der Waals surface area contributed by atoms with Crippen molar-refractivity contribution in [1.29, 1.82) is 0 Å². The molecule has 0 heterocycles. The highest BCUT2D eigenvalue weighted by molar-refractivity contribution is 6.34. The summed E-state index contributed by atoms with van der Waals surface area (Å²) in [6, 6.07) is 4.87. The van der Waals surface area contributed by atoms with Crippen LogP contribution in [0.3, 0.4) is 0 Å². The van der Waals surface area contributed by atoms with Crippen molar-refractivity contribution >= 4 is 29.2 Å². The molecule has 0 aromatic heterocycles. The molecule has 1 aromatic carbocycles. The van der Waals surface area contributed by atoms with Gasteiger partial charge in [-0.15, -0.1) is 0 Å². The Morgan fingerprint density at radius 3 is 2.35 bits per heavy atom. The zero-order chi connectivity index (χ0) is 12.4. The molecule has 0 amide bonds. The van der Waals surface area contributed by atoms with Crippen molar-refractivity contribution in [3.8, 4) is 5.75 Å². The van der Waals surface area contributed by atoms with Crippen LogP contribution in [0.15, 0.2) is 18.2 Å².